The van der Waals surface area contributed by atoms with Gasteiger partial charge in [0.05, 0.1) is 6.20 Å². The number of rotatable bonds is 5. The number of aromatic nitrogens is 2. The highest BCUT2D eigenvalue weighted by Crippen LogP contribution is 2.27. The number of carbonyl (C=O) groups is 1. The van der Waals surface area contributed by atoms with E-state index in [0.29, 0.717) is 53.5 Å². The molecule has 1 saturated heterocycles. The first-order valence-corrected chi connectivity index (χ1v) is 10.1. The Morgan fingerprint density at radius 3 is 2.97 bits per heavy atom. The molecule has 8 heteroatoms. The molecule has 4 aromatic rings. The number of anilines is 1. The van der Waals surface area contributed by atoms with Gasteiger partial charge < -0.3 is 19.2 Å². The summed E-state index contributed by atoms with van der Waals surface area (Å²) in [7, 11) is 0. The van der Waals surface area contributed by atoms with Crippen molar-refractivity contribution in [1.29, 1.82) is 0 Å². The maximum atomic E-state index is 13.0. The molecular formula is C22H19ClN4O3. The molecule has 0 aliphatic carbocycles. The van der Waals surface area contributed by atoms with Crippen molar-refractivity contribution in [2.24, 2.45) is 5.92 Å². The van der Waals surface area contributed by atoms with Crippen molar-refractivity contribution in [3.8, 4) is 11.3 Å². The highest BCUT2D eigenvalue weighted by atomic mass is 35.5. The molecule has 2 aromatic carbocycles. The van der Waals surface area contributed by atoms with E-state index in [2.05, 4.69) is 15.5 Å². The number of nitrogens with one attached hydrogen (secondary N) is 1. The number of carbonyl (C=O) groups excluding carboxylic acids is 1. The molecule has 1 atom stereocenters. The molecule has 3 heterocycles. The molecule has 1 aliphatic heterocycles. The molecule has 1 N–H and O–H groups in total. The minimum Gasteiger partial charge on any atom is -0.424 e. The van der Waals surface area contributed by atoms with Crippen molar-refractivity contribution in [3.05, 3.63) is 65.3 Å². The van der Waals surface area contributed by atoms with Gasteiger partial charge in [-0.2, -0.15) is 4.98 Å². The summed E-state index contributed by atoms with van der Waals surface area (Å²) in [6.07, 6.45) is 2.40. The molecule has 1 aliphatic rings. The van der Waals surface area contributed by atoms with Crippen molar-refractivity contribution in [1.82, 2.24) is 15.0 Å². The van der Waals surface area contributed by atoms with Crippen molar-refractivity contribution >= 4 is 34.6 Å². The number of hydrogen-bond acceptors (Lipinski definition) is 6. The molecule has 0 spiro atoms. The number of benzene rings is 2. The van der Waals surface area contributed by atoms with Gasteiger partial charge in [-0.25, -0.2) is 0 Å². The smallest absolute Gasteiger partial charge is 0.295 e. The fraction of sp³-hybridized carbons (Fsp3) is 0.227. The van der Waals surface area contributed by atoms with E-state index < -0.39 is 0 Å². The summed E-state index contributed by atoms with van der Waals surface area (Å²) in [5.41, 5.74) is 2.73. The molecule has 0 unspecified atom stereocenters. The lowest BCUT2D eigenvalue weighted by molar-refractivity contribution is 0.0788. The Hall–Kier alpha value is -3.32. The van der Waals surface area contributed by atoms with Crippen molar-refractivity contribution in [2.45, 2.75) is 6.42 Å². The van der Waals surface area contributed by atoms with E-state index in [1.54, 1.807) is 12.1 Å². The molecule has 30 heavy (non-hydrogen) atoms. The van der Waals surface area contributed by atoms with Gasteiger partial charge in [-0.05, 0) is 24.5 Å². The highest BCUT2D eigenvalue weighted by molar-refractivity contribution is 6.31. The van der Waals surface area contributed by atoms with E-state index in [1.165, 1.54) is 6.20 Å². The van der Waals surface area contributed by atoms with Gasteiger partial charge in [0.1, 0.15) is 11.1 Å². The zero-order valence-electron chi connectivity index (χ0n) is 16.0. The average molecular weight is 423 g/mol. The monoisotopic (exact) mass is 422 g/mol. The van der Waals surface area contributed by atoms with Crippen LogP contribution in [0.3, 0.4) is 0 Å². The minimum atomic E-state index is -0.0610. The van der Waals surface area contributed by atoms with Crippen LogP contribution in [0.2, 0.25) is 5.02 Å². The molecular weight excluding hydrogens is 404 g/mol. The van der Waals surface area contributed by atoms with Crippen LogP contribution in [0.5, 0.6) is 0 Å². The third-order valence-corrected chi connectivity index (χ3v) is 5.54. The van der Waals surface area contributed by atoms with Crippen LogP contribution in [-0.4, -0.2) is 40.6 Å². The second-order valence-electron chi connectivity index (χ2n) is 7.35. The first-order chi connectivity index (χ1) is 14.7. The van der Waals surface area contributed by atoms with Gasteiger partial charge in [-0.3, -0.25) is 4.79 Å². The third kappa shape index (κ3) is 3.64. The van der Waals surface area contributed by atoms with Crippen LogP contribution < -0.4 is 5.32 Å². The fourth-order valence-corrected chi connectivity index (χ4v) is 3.91. The molecule has 1 amide bonds. The summed E-state index contributed by atoms with van der Waals surface area (Å²) >= 11 is 5.99. The van der Waals surface area contributed by atoms with Crippen LogP contribution in [0.1, 0.15) is 16.8 Å². The maximum Gasteiger partial charge on any atom is 0.295 e. The second-order valence-corrected chi connectivity index (χ2v) is 7.79. The van der Waals surface area contributed by atoms with Gasteiger partial charge in [0, 0.05) is 36.3 Å². The second kappa shape index (κ2) is 7.84. The van der Waals surface area contributed by atoms with Crippen LogP contribution in [0, 0.1) is 5.92 Å². The molecule has 0 bridgehead atoms. The quantitative estimate of drug-likeness (QED) is 0.501. The number of oxazole rings is 1. The molecule has 152 valence electrons. The van der Waals surface area contributed by atoms with Crippen LogP contribution in [-0.2, 0) is 0 Å². The van der Waals surface area contributed by atoms with Crippen molar-refractivity contribution < 1.29 is 13.7 Å². The summed E-state index contributed by atoms with van der Waals surface area (Å²) in [5, 5.41) is 7.70. The number of hydrogen-bond donors (Lipinski definition) is 1. The fourth-order valence-electron chi connectivity index (χ4n) is 3.75. The first-order valence-electron chi connectivity index (χ1n) is 9.77. The van der Waals surface area contributed by atoms with Gasteiger partial charge in [0.15, 0.2) is 11.3 Å². The number of fused-ring (bicyclic) bond motifs is 1. The van der Waals surface area contributed by atoms with E-state index in [9.17, 15) is 4.79 Å². The predicted molar refractivity (Wildman–Crippen MR) is 113 cm³/mol. The van der Waals surface area contributed by atoms with Crippen molar-refractivity contribution in [3.63, 3.8) is 0 Å². The van der Waals surface area contributed by atoms with Crippen LogP contribution in [0.15, 0.2) is 63.7 Å². The largest absolute Gasteiger partial charge is 0.424 e. The molecule has 1 fully saturated rings. The summed E-state index contributed by atoms with van der Waals surface area (Å²) < 4.78 is 11.1. The summed E-state index contributed by atoms with van der Waals surface area (Å²) in [6, 6.07) is 15.4. The molecule has 7 nitrogen and oxygen atoms in total. The number of halogens is 1. The average Bonchev–Trinajstić information content (AvgIpc) is 3.51. The zero-order valence-corrected chi connectivity index (χ0v) is 16.8. The van der Waals surface area contributed by atoms with Crippen LogP contribution in [0.4, 0.5) is 6.01 Å². The van der Waals surface area contributed by atoms with E-state index in [4.69, 9.17) is 20.5 Å². The molecule has 0 radical (unpaired) electrons. The predicted octanol–water partition coefficient (Wildman–Crippen LogP) is 4.71. The lowest BCUT2D eigenvalue weighted by atomic mass is 10.1. The van der Waals surface area contributed by atoms with Gasteiger partial charge in [-0.1, -0.05) is 47.1 Å². The number of nitrogens with zero attached hydrogens (tertiary/aromatic N) is 3. The molecule has 2 aromatic heterocycles. The van der Waals surface area contributed by atoms with Crippen molar-refractivity contribution in [2.75, 3.05) is 25.0 Å². The SMILES string of the molecule is O=C(c1cnoc1-c1ccccc1)N1CC[C@H](CNc2nc3ccc(Cl)cc3o2)C1. The van der Waals surface area contributed by atoms with E-state index in [0.717, 1.165) is 17.5 Å². The molecule has 5 rings (SSSR count). The Kier molecular flexibility index (Phi) is 4.88. The minimum absolute atomic E-state index is 0.0610. The Morgan fingerprint density at radius 2 is 2.10 bits per heavy atom. The van der Waals surface area contributed by atoms with Crippen LogP contribution in [0.25, 0.3) is 22.4 Å². The Morgan fingerprint density at radius 1 is 1.23 bits per heavy atom. The Bertz CT molecular complexity index is 1190. The summed E-state index contributed by atoms with van der Waals surface area (Å²) in [4.78, 5) is 19.3. The standard InChI is InChI=1S/C22H19ClN4O3/c23-16-6-7-18-19(10-16)29-22(26-18)24-11-14-8-9-27(13-14)21(28)17-12-25-30-20(17)15-4-2-1-3-5-15/h1-7,10,12,14H,8-9,11,13H2,(H,24,26)/t14-/m1/s1. The third-order valence-electron chi connectivity index (χ3n) is 5.30. The van der Waals surface area contributed by atoms with E-state index in [-0.39, 0.29) is 5.91 Å². The lowest BCUT2D eigenvalue weighted by Gasteiger charge is -2.16. The van der Waals surface area contributed by atoms with E-state index in [1.807, 2.05) is 41.3 Å². The Labute approximate surface area is 177 Å². The molecule has 0 saturated carbocycles. The van der Waals surface area contributed by atoms with E-state index >= 15 is 0 Å². The lowest BCUT2D eigenvalue weighted by Crippen LogP contribution is -2.29. The number of likely N-dealkylation sites (tertiary alicyclic amines) is 1. The maximum absolute atomic E-state index is 13.0. The summed E-state index contributed by atoms with van der Waals surface area (Å²) in [5.74, 6) is 0.744. The van der Waals surface area contributed by atoms with Gasteiger partial charge in [0.25, 0.3) is 11.9 Å². The summed E-state index contributed by atoms with van der Waals surface area (Å²) in [6.45, 7) is 2.00. The highest BCUT2D eigenvalue weighted by Gasteiger charge is 2.30. The van der Waals surface area contributed by atoms with Gasteiger partial charge in [-0.15, -0.1) is 0 Å². The Balaban J connectivity index is 1.23. The van der Waals surface area contributed by atoms with Crippen LogP contribution >= 0.6 is 11.6 Å². The normalized spacial score (nSPS) is 16.3. The first kappa shape index (κ1) is 18.7. The zero-order chi connectivity index (χ0) is 20.5. The van der Waals surface area contributed by atoms with Gasteiger partial charge >= 0.3 is 0 Å². The van der Waals surface area contributed by atoms with Gasteiger partial charge in [0.2, 0.25) is 0 Å². The topological polar surface area (TPSA) is 84.4 Å². The number of amides is 1.